The smallest absolute Gasteiger partial charge is 0.305 e. The number of nitrogens with one attached hydrogen (secondary N) is 2. The molecule has 192 valence electrons. The molecular weight excluding hydrogens is 464 g/mol. The Morgan fingerprint density at radius 3 is 2.30 bits per heavy atom. The van der Waals surface area contributed by atoms with Crippen molar-refractivity contribution in [1.82, 2.24) is 14.7 Å². The summed E-state index contributed by atoms with van der Waals surface area (Å²) in [5.41, 5.74) is 7.16. The molecule has 1 unspecified atom stereocenters. The minimum absolute atomic E-state index is 0.206. The Bertz CT molecular complexity index is 1420. The number of pyridine rings is 1. The molecule has 0 fully saturated rings. The predicted molar refractivity (Wildman–Crippen MR) is 147 cm³/mol. The summed E-state index contributed by atoms with van der Waals surface area (Å²) in [5.74, 6) is -0.0314. The number of carboxylic acid groups (broad SMARTS) is 1. The molecule has 0 radical (unpaired) electrons. The number of aryl methyl sites for hydroxylation is 3. The van der Waals surface area contributed by atoms with Crippen molar-refractivity contribution in [2.75, 3.05) is 5.32 Å². The highest BCUT2D eigenvalue weighted by Gasteiger charge is 2.21. The molecule has 0 aliphatic rings. The fourth-order valence-electron chi connectivity index (χ4n) is 4.49. The van der Waals surface area contributed by atoms with E-state index >= 15 is 0 Å². The Labute approximate surface area is 217 Å². The van der Waals surface area contributed by atoms with E-state index in [1.807, 2.05) is 47.9 Å². The molecule has 37 heavy (non-hydrogen) atoms. The molecule has 7 heteroatoms. The van der Waals surface area contributed by atoms with Crippen molar-refractivity contribution in [1.29, 1.82) is 0 Å². The number of aromatic nitrogens is 2. The Morgan fingerprint density at radius 2 is 1.68 bits per heavy atom. The predicted octanol–water partition coefficient (Wildman–Crippen LogP) is 6.15. The number of aliphatic carboxylic acids is 1. The maximum atomic E-state index is 13.2. The molecule has 2 heterocycles. The Kier molecular flexibility index (Phi) is 7.62. The van der Waals surface area contributed by atoms with Crippen LogP contribution in [0.25, 0.3) is 5.65 Å². The summed E-state index contributed by atoms with van der Waals surface area (Å²) in [6.07, 6.45) is 2.42. The van der Waals surface area contributed by atoms with E-state index in [1.54, 1.807) is 12.1 Å². The number of benzene rings is 2. The second-order valence-electron chi connectivity index (χ2n) is 10.1. The van der Waals surface area contributed by atoms with E-state index < -0.39 is 12.0 Å². The second-order valence-corrected chi connectivity index (χ2v) is 10.1. The van der Waals surface area contributed by atoms with Crippen LogP contribution in [0.4, 0.5) is 11.5 Å². The van der Waals surface area contributed by atoms with Crippen LogP contribution in [0, 0.1) is 26.7 Å². The van der Waals surface area contributed by atoms with Crippen molar-refractivity contribution in [2.45, 2.75) is 53.5 Å². The highest BCUT2D eigenvalue weighted by Crippen LogP contribution is 2.29. The maximum Gasteiger partial charge on any atom is 0.305 e. The van der Waals surface area contributed by atoms with Gasteiger partial charge in [-0.05, 0) is 61.9 Å². The molecule has 0 aliphatic carbocycles. The zero-order chi connectivity index (χ0) is 26.7. The van der Waals surface area contributed by atoms with E-state index in [4.69, 9.17) is 4.98 Å². The number of para-hydroxylation sites is 1. The van der Waals surface area contributed by atoms with Gasteiger partial charge in [-0.15, -0.1) is 0 Å². The number of carbonyl (C=O) groups is 2. The van der Waals surface area contributed by atoms with Gasteiger partial charge in [0.1, 0.15) is 11.5 Å². The lowest BCUT2D eigenvalue weighted by Gasteiger charge is -2.18. The van der Waals surface area contributed by atoms with Crippen molar-refractivity contribution in [2.24, 2.45) is 5.92 Å². The summed E-state index contributed by atoms with van der Waals surface area (Å²) in [6, 6.07) is 16.6. The number of rotatable bonds is 9. The molecule has 1 amide bonds. The number of carbonyl (C=O) groups excluding carboxylic acids is 1. The van der Waals surface area contributed by atoms with Crippen LogP contribution in [0.2, 0.25) is 0 Å². The van der Waals surface area contributed by atoms with Crippen LogP contribution < -0.4 is 10.6 Å². The quantitative estimate of drug-likeness (QED) is 0.257. The van der Waals surface area contributed by atoms with E-state index in [2.05, 4.69) is 50.5 Å². The third kappa shape index (κ3) is 6.00. The SMILES string of the molecule is Cc1ccc(C(CC(=O)O)NC(=O)c2ccn3c(Nc4c(C)cccc4C)c(CC(C)C)nc3c2)cc1. The first-order chi connectivity index (χ1) is 17.6. The first-order valence-corrected chi connectivity index (χ1v) is 12.6. The summed E-state index contributed by atoms with van der Waals surface area (Å²) < 4.78 is 1.97. The van der Waals surface area contributed by atoms with Gasteiger partial charge in [-0.1, -0.05) is 61.9 Å². The molecule has 0 saturated heterocycles. The monoisotopic (exact) mass is 498 g/mol. The largest absolute Gasteiger partial charge is 0.481 e. The van der Waals surface area contributed by atoms with Gasteiger partial charge < -0.3 is 15.7 Å². The third-order valence-electron chi connectivity index (χ3n) is 6.45. The van der Waals surface area contributed by atoms with Crippen molar-refractivity contribution < 1.29 is 14.7 Å². The third-order valence-corrected chi connectivity index (χ3v) is 6.45. The van der Waals surface area contributed by atoms with Crippen molar-refractivity contribution in [3.63, 3.8) is 0 Å². The number of hydrogen-bond acceptors (Lipinski definition) is 4. The zero-order valence-electron chi connectivity index (χ0n) is 22.0. The first kappa shape index (κ1) is 25.9. The Balaban J connectivity index is 1.67. The molecule has 0 saturated carbocycles. The van der Waals surface area contributed by atoms with Crippen LogP contribution in [0.5, 0.6) is 0 Å². The molecule has 4 rings (SSSR count). The minimum atomic E-state index is -0.977. The molecule has 0 spiro atoms. The van der Waals surface area contributed by atoms with Gasteiger partial charge in [-0.2, -0.15) is 0 Å². The fourth-order valence-corrected chi connectivity index (χ4v) is 4.49. The highest BCUT2D eigenvalue weighted by atomic mass is 16.4. The van der Waals surface area contributed by atoms with E-state index in [-0.39, 0.29) is 12.3 Å². The van der Waals surface area contributed by atoms with Gasteiger partial charge in [0.05, 0.1) is 18.2 Å². The van der Waals surface area contributed by atoms with E-state index in [0.29, 0.717) is 17.1 Å². The molecule has 1 atom stereocenters. The van der Waals surface area contributed by atoms with Crippen molar-refractivity contribution >= 4 is 29.0 Å². The van der Waals surface area contributed by atoms with Crippen LogP contribution in [0.3, 0.4) is 0 Å². The lowest BCUT2D eigenvalue weighted by Crippen LogP contribution is -2.30. The van der Waals surface area contributed by atoms with Crippen LogP contribution in [-0.2, 0) is 11.2 Å². The van der Waals surface area contributed by atoms with Gasteiger partial charge in [0, 0.05) is 17.4 Å². The fraction of sp³-hybridized carbons (Fsp3) is 0.300. The summed E-state index contributed by atoms with van der Waals surface area (Å²) in [4.78, 5) is 29.6. The number of fused-ring (bicyclic) bond motifs is 1. The zero-order valence-corrected chi connectivity index (χ0v) is 22.0. The topological polar surface area (TPSA) is 95.7 Å². The molecule has 4 aromatic rings. The molecule has 2 aromatic heterocycles. The van der Waals surface area contributed by atoms with Crippen LogP contribution in [0.1, 0.15) is 64.6 Å². The van der Waals surface area contributed by atoms with Crippen LogP contribution in [-0.4, -0.2) is 26.4 Å². The number of amides is 1. The second kappa shape index (κ2) is 10.9. The number of hydrogen-bond donors (Lipinski definition) is 3. The molecular formula is C30H34N4O3. The lowest BCUT2D eigenvalue weighted by atomic mass is 10.0. The molecule has 0 aliphatic heterocycles. The van der Waals surface area contributed by atoms with E-state index in [9.17, 15) is 14.7 Å². The minimum Gasteiger partial charge on any atom is -0.481 e. The highest BCUT2D eigenvalue weighted by molar-refractivity contribution is 5.95. The maximum absolute atomic E-state index is 13.2. The Hall–Kier alpha value is -4.13. The van der Waals surface area contributed by atoms with Gasteiger partial charge in [-0.3, -0.25) is 14.0 Å². The van der Waals surface area contributed by atoms with Crippen molar-refractivity contribution in [3.05, 3.63) is 94.3 Å². The van der Waals surface area contributed by atoms with Gasteiger partial charge >= 0.3 is 5.97 Å². The van der Waals surface area contributed by atoms with Gasteiger partial charge in [0.15, 0.2) is 0 Å². The van der Waals surface area contributed by atoms with Crippen LogP contribution >= 0.6 is 0 Å². The van der Waals surface area contributed by atoms with Gasteiger partial charge in [0.2, 0.25) is 0 Å². The number of anilines is 2. The molecule has 2 aromatic carbocycles. The van der Waals surface area contributed by atoms with E-state index in [1.165, 1.54) is 0 Å². The summed E-state index contributed by atoms with van der Waals surface area (Å²) in [6.45, 7) is 10.4. The van der Waals surface area contributed by atoms with Crippen molar-refractivity contribution in [3.8, 4) is 0 Å². The number of nitrogens with zero attached hydrogens (tertiary/aromatic N) is 2. The number of imidazole rings is 1. The number of carboxylic acids is 1. The molecule has 0 bridgehead atoms. The molecule has 3 N–H and O–H groups in total. The van der Waals surface area contributed by atoms with Gasteiger partial charge in [0.25, 0.3) is 5.91 Å². The normalized spacial score (nSPS) is 12.1. The van der Waals surface area contributed by atoms with Gasteiger partial charge in [-0.25, -0.2) is 4.98 Å². The van der Waals surface area contributed by atoms with E-state index in [0.717, 1.165) is 45.9 Å². The average Bonchev–Trinajstić information content (AvgIpc) is 3.16. The first-order valence-electron chi connectivity index (χ1n) is 12.6. The standard InChI is InChI=1S/C30H34N4O3/c1-18(2)15-25-29(33-28-20(4)7-6-8-21(28)5)34-14-13-23(16-26(34)31-25)30(37)32-24(17-27(35)36)22-11-9-19(3)10-12-22/h6-14,16,18,24,33H,15,17H2,1-5H3,(H,32,37)(H,35,36). The average molecular weight is 499 g/mol. The lowest BCUT2D eigenvalue weighted by molar-refractivity contribution is -0.137. The summed E-state index contributed by atoms with van der Waals surface area (Å²) in [7, 11) is 0. The Morgan fingerprint density at radius 1 is 1.00 bits per heavy atom. The molecule has 7 nitrogen and oxygen atoms in total. The summed E-state index contributed by atoms with van der Waals surface area (Å²) in [5, 5.41) is 15.9. The summed E-state index contributed by atoms with van der Waals surface area (Å²) >= 11 is 0. The van der Waals surface area contributed by atoms with Crippen LogP contribution in [0.15, 0.2) is 60.8 Å².